The molecule has 0 aliphatic rings. The number of halogens is 1. The molecule has 0 bridgehead atoms. The first-order valence-corrected chi connectivity index (χ1v) is 12.5. The van der Waals surface area contributed by atoms with E-state index in [1.807, 2.05) is 48.0 Å². The van der Waals surface area contributed by atoms with E-state index >= 15 is 0 Å². The van der Waals surface area contributed by atoms with Crippen molar-refractivity contribution in [2.24, 2.45) is 5.92 Å². The molecule has 0 spiro atoms. The Morgan fingerprint density at radius 1 is 1.19 bits per heavy atom. The second kappa shape index (κ2) is 11.5. The van der Waals surface area contributed by atoms with Gasteiger partial charge in [0.05, 0.1) is 24.0 Å². The first kappa shape index (κ1) is 24.3. The van der Waals surface area contributed by atoms with E-state index < -0.39 is 5.97 Å². The van der Waals surface area contributed by atoms with Crippen LogP contribution in [0.5, 0.6) is 0 Å². The predicted octanol–water partition coefficient (Wildman–Crippen LogP) is 7.42. The summed E-state index contributed by atoms with van der Waals surface area (Å²) in [5.74, 6) is 0.152. The fraction of sp³-hybridized carbons (Fsp3) is 0.385. The number of carbonyl (C=O) groups is 1. The predicted molar refractivity (Wildman–Crippen MR) is 134 cm³/mol. The number of aromatic nitrogens is 2. The van der Waals surface area contributed by atoms with Gasteiger partial charge in [-0.25, -0.2) is 9.78 Å². The van der Waals surface area contributed by atoms with Gasteiger partial charge in [-0.15, -0.1) is 11.3 Å². The highest BCUT2D eigenvalue weighted by Gasteiger charge is 2.27. The number of allylic oxidation sites excluding steroid dienone is 1. The molecule has 0 saturated heterocycles. The Kier molecular flexibility index (Phi) is 8.71. The molecule has 0 saturated carbocycles. The van der Waals surface area contributed by atoms with Gasteiger partial charge in [0, 0.05) is 16.3 Å². The second-order valence-corrected chi connectivity index (χ2v) is 9.46. The minimum absolute atomic E-state index is 0.0777. The number of benzene rings is 1. The molecular formula is C26H31ClN2O2S. The molecule has 0 amide bonds. The molecule has 0 fully saturated rings. The van der Waals surface area contributed by atoms with Gasteiger partial charge in [0.15, 0.2) is 0 Å². The molecule has 1 aromatic carbocycles. The van der Waals surface area contributed by atoms with Gasteiger partial charge >= 0.3 is 5.97 Å². The largest absolute Gasteiger partial charge is 0.478 e. The SMILES string of the molecule is CCCCc1ncc(C(=C(C(=O)O)c2cccs2)C(C)CCC)n1Cc1ccccc1Cl. The highest BCUT2D eigenvalue weighted by Crippen LogP contribution is 2.37. The van der Waals surface area contributed by atoms with Crippen LogP contribution in [-0.2, 0) is 17.8 Å². The van der Waals surface area contributed by atoms with Gasteiger partial charge in [0.2, 0.25) is 0 Å². The van der Waals surface area contributed by atoms with E-state index in [1.165, 1.54) is 11.3 Å². The van der Waals surface area contributed by atoms with Gasteiger partial charge in [0.1, 0.15) is 5.82 Å². The fourth-order valence-electron chi connectivity index (χ4n) is 4.12. The maximum Gasteiger partial charge on any atom is 0.337 e. The van der Waals surface area contributed by atoms with E-state index in [0.29, 0.717) is 17.1 Å². The van der Waals surface area contributed by atoms with E-state index in [4.69, 9.17) is 16.6 Å². The average molecular weight is 471 g/mol. The van der Waals surface area contributed by atoms with Gasteiger partial charge in [0.25, 0.3) is 0 Å². The van der Waals surface area contributed by atoms with E-state index in [2.05, 4.69) is 25.3 Å². The summed E-state index contributed by atoms with van der Waals surface area (Å²) in [4.78, 5) is 18.1. The number of imidazole rings is 1. The van der Waals surface area contributed by atoms with Crippen molar-refractivity contribution in [2.45, 2.75) is 59.4 Å². The first-order chi connectivity index (χ1) is 15.5. The summed E-state index contributed by atoms with van der Waals surface area (Å²) in [6.07, 6.45) is 6.68. The number of thiophene rings is 1. The Hall–Kier alpha value is -2.37. The minimum Gasteiger partial charge on any atom is -0.478 e. The van der Waals surface area contributed by atoms with Crippen LogP contribution in [-0.4, -0.2) is 20.6 Å². The Balaban J connectivity index is 2.24. The number of hydrogen-bond donors (Lipinski definition) is 1. The molecule has 0 radical (unpaired) electrons. The van der Waals surface area contributed by atoms with Crippen LogP contribution in [0, 0.1) is 5.92 Å². The number of unbranched alkanes of at least 4 members (excludes halogenated alkanes) is 1. The molecule has 170 valence electrons. The lowest BCUT2D eigenvalue weighted by Crippen LogP contribution is -2.14. The molecule has 6 heteroatoms. The summed E-state index contributed by atoms with van der Waals surface area (Å²) >= 11 is 7.96. The van der Waals surface area contributed by atoms with Crippen LogP contribution in [0.4, 0.5) is 0 Å². The third-order valence-electron chi connectivity index (χ3n) is 5.72. The van der Waals surface area contributed by atoms with Crippen LogP contribution >= 0.6 is 22.9 Å². The molecular weight excluding hydrogens is 440 g/mol. The first-order valence-electron chi connectivity index (χ1n) is 11.3. The van der Waals surface area contributed by atoms with Crippen LogP contribution in [0.2, 0.25) is 5.02 Å². The summed E-state index contributed by atoms with van der Waals surface area (Å²) in [6.45, 7) is 6.98. The normalized spacial score (nSPS) is 13.1. The lowest BCUT2D eigenvalue weighted by molar-refractivity contribution is -0.130. The number of carboxylic acids is 1. The fourth-order valence-corrected chi connectivity index (χ4v) is 5.09. The van der Waals surface area contributed by atoms with Crippen molar-refractivity contribution in [1.82, 2.24) is 9.55 Å². The molecule has 0 aliphatic carbocycles. The van der Waals surface area contributed by atoms with Crippen LogP contribution in [0.15, 0.2) is 48.0 Å². The Morgan fingerprint density at radius 3 is 2.59 bits per heavy atom. The van der Waals surface area contributed by atoms with Crippen LogP contribution in [0.1, 0.15) is 68.4 Å². The Bertz CT molecular complexity index is 1070. The summed E-state index contributed by atoms with van der Waals surface area (Å²) in [5, 5.41) is 12.9. The molecule has 3 aromatic rings. The summed E-state index contributed by atoms with van der Waals surface area (Å²) in [7, 11) is 0. The van der Waals surface area contributed by atoms with Crippen molar-refractivity contribution in [3.05, 3.63) is 75.0 Å². The number of aryl methyl sites for hydroxylation is 1. The molecule has 1 atom stereocenters. The molecule has 3 rings (SSSR count). The number of nitrogens with zero attached hydrogens (tertiary/aromatic N) is 2. The zero-order valence-electron chi connectivity index (χ0n) is 19.0. The summed E-state index contributed by atoms with van der Waals surface area (Å²) in [5.41, 5.74) is 3.11. The molecule has 2 aromatic heterocycles. The third kappa shape index (κ3) is 5.51. The summed E-state index contributed by atoms with van der Waals surface area (Å²) in [6, 6.07) is 11.6. The van der Waals surface area contributed by atoms with Crippen LogP contribution < -0.4 is 0 Å². The number of hydrogen-bond acceptors (Lipinski definition) is 3. The zero-order chi connectivity index (χ0) is 23.1. The topological polar surface area (TPSA) is 55.1 Å². The standard InChI is InChI=1S/C26H31ClN2O2S/c1-4-6-14-23-28-16-21(29(23)17-19-11-7-8-12-20(19)27)24(18(3)10-5-2)25(26(30)31)22-13-9-15-32-22/h7-9,11-13,15-16,18H,4-6,10,14,17H2,1-3H3,(H,30,31). The van der Waals surface area contributed by atoms with E-state index in [1.54, 1.807) is 0 Å². The van der Waals surface area contributed by atoms with Gasteiger partial charge < -0.3 is 9.67 Å². The van der Waals surface area contributed by atoms with Crippen molar-refractivity contribution >= 4 is 40.1 Å². The van der Waals surface area contributed by atoms with Gasteiger partial charge in [-0.05, 0) is 47.4 Å². The number of rotatable bonds is 11. The average Bonchev–Trinajstić information content (AvgIpc) is 3.42. The van der Waals surface area contributed by atoms with Crippen molar-refractivity contribution in [2.75, 3.05) is 0 Å². The van der Waals surface area contributed by atoms with Gasteiger partial charge in [-0.2, -0.15) is 0 Å². The maximum atomic E-state index is 12.5. The Morgan fingerprint density at radius 2 is 1.97 bits per heavy atom. The molecule has 4 nitrogen and oxygen atoms in total. The zero-order valence-corrected chi connectivity index (χ0v) is 20.5. The molecule has 1 N–H and O–H groups in total. The highest BCUT2D eigenvalue weighted by molar-refractivity contribution is 7.11. The van der Waals surface area contributed by atoms with E-state index in [9.17, 15) is 9.90 Å². The van der Waals surface area contributed by atoms with Crippen molar-refractivity contribution < 1.29 is 9.90 Å². The molecule has 2 heterocycles. The second-order valence-electron chi connectivity index (χ2n) is 8.10. The highest BCUT2D eigenvalue weighted by atomic mass is 35.5. The number of carboxylic acid groups (broad SMARTS) is 1. The molecule has 32 heavy (non-hydrogen) atoms. The molecule has 1 unspecified atom stereocenters. The lowest BCUT2D eigenvalue weighted by atomic mass is 9.89. The maximum absolute atomic E-state index is 12.5. The minimum atomic E-state index is -0.897. The van der Waals surface area contributed by atoms with Crippen molar-refractivity contribution in [1.29, 1.82) is 0 Å². The van der Waals surface area contributed by atoms with E-state index in [-0.39, 0.29) is 5.92 Å². The summed E-state index contributed by atoms with van der Waals surface area (Å²) < 4.78 is 2.18. The van der Waals surface area contributed by atoms with E-state index in [0.717, 1.165) is 59.6 Å². The van der Waals surface area contributed by atoms with Gasteiger partial charge in [-0.1, -0.05) is 69.5 Å². The number of aliphatic carboxylic acids is 1. The van der Waals surface area contributed by atoms with Crippen molar-refractivity contribution in [3.63, 3.8) is 0 Å². The smallest absolute Gasteiger partial charge is 0.337 e. The quantitative estimate of drug-likeness (QED) is 0.296. The Labute approximate surface area is 199 Å². The third-order valence-corrected chi connectivity index (χ3v) is 6.98. The molecule has 0 aliphatic heterocycles. The van der Waals surface area contributed by atoms with Gasteiger partial charge in [-0.3, -0.25) is 0 Å². The van der Waals surface area contributed by atoms with Crippen LogP contribution in [0.3, 0.4) is 0 Å². The van der Waals surface area contributed by atoms with Crippen LogP contribution in [0.25, 0.3) is 11.1 Å². The van der Waals surface area contributed by atoms with Crippen molar-refractivity contribution in [3.8, 4) is 0 Å². The monoisotopic (exact) mass is 470 g/mol. The lowest BCUT2D eigenvalue weighted by Gasteiger charge is -2.21.